The fourth-order valence-corrected chi connectivity index (χ4v) is 6.29. The standard InChI is InChI=1S/C22H32N4O4S/c1-2-24-11-13-25(14-12-24)31(29,30)20-9-7-18(8-10-20)23-22(28)17-15-21(27)26(16-17)19-5-3-4-6-19/h7-10,17,19H,2-6,11-16H2,1H3,(H,23,28). The Labute approximate surface area is 184 Å². The van der Waals surface area contributed by atoms with Gasteiger partial charge in [0.15, 0.2) is 0 Å². The summed E-state index contributed by atoms with van der Waals surface area (Å²) in [6.07, 6.45) is 4.61. The number of carbonyl (C=O) groups is 2. The Morgan fingerprint density at radius 1 is 1.06 bits per heavy atom. The van der Waals surface area contributed by atoms with Crippen LogP contribution in [0.15, 0.2) is 29.2 Å². The summed E-state index contributed by atoms with van der Waals surface area (Å²) < 4.78 is 27.3. The number of piperazine rings is 1. The molecule has 31 heavy (non-hydrogen) atoms. The average Bonchev–Trinajstić information content (AvgIpc) is 3.44. The largest absolute Gasteiger partial charge is 0.339 e. The van der Waals surface area contributed by atoms with Crippen LogP contribution in [0.2, 0.25) is 0 Å². The van der Waals surface area contributed by atoms with Crippen molar-refractivity contribution in [2.24, 2.45) is 5.92 Å². The molecule has 9 heteroatoms. The van der Waals surface area contributed by atoms with Gasteiger partial charge in [0.05, 0.1) is 10.8 Å². The van der Waals surface area contributed by atoms with Crippen molar-refractivity contribution in [3.05, 3.63) is 24.3 Å². The fourth-order valence-electron chi connectivity index (χ4n) is 4.87. The second-order valence-electron chi connectivity index (χ2n) is 8.74. The van der Waals surface area contributed by atoms with Crippen LogP contribution in [0.1, 0.15) is 39.0 Å². The highest BCUT2D eigenvalue weighted by Gasteiger charge is 2.38. The van der Waals surface area contributed by atoms with E-state index in [9.17, 15) is 18.0 Å². The zero-order valence-electron chi connectivity index (χ0n) is 18.1. The number of amides is 2. The second-order valence-corrected chi connectivity index (χ2v) is 10.7. The molecule has 1 N–H and O–H groups in total. The SMILES string of the molecule is CCN1CCN(S(=O)(=O)c2ccc(NC(=O)C3CC(=O)N(C4CCCC4)C3)cc2)CC1. The van der Waals surface area contributed by atoms with Gasteiger partial charge in [-0.2, -0.15) is 4.31 Å². The number of rotatable bonds is 6. The first-order valence-electron chi connectivity index (χ1n) is 11.3. The summed E-state index contributed by atoms with van der Waals surface area (Å²) in [7, 11) is -3.54. The lowest BCUT2D eigenvalue weighted by Gasteiger charge is -2.33. The molecule has 2 aliphatic heterocycles. The third-order valence-corrected chi connectivity index (χ3v) is 8.75. The minimum atomic E-state index is -3.54. The molecule has 1 atom stereocenters. The molecule has 170 valence electrons. The van der Waals surface area contributed by atoms with Gasteiger partial charge in [0, 0.05) is 50.9 Å². The zero-order valence-corrected chi connectivity index (χ0v) is 18.9. The third kappa shape index (κ3) is 4.78. The molecule has 1 aliphatic carbocycles. The van der Waals surface area contributed by atoms with Gasteiger partial charge >= 0.3 is 0 Å². The van der Waals surface area contributed by atoms with Gasteiger partial charge in [-0.05, 0) is 43.7 Å². The molecule has 3 fully saturated rings. The topological polar surface area (TPSA) is 90.0 Å². The van der Waals surface area contributed by atoms with E-state index in [1.807, 2.05) is 4.90 Å². The summed E-state index contributed by atoms with van der Waals surface area (Å²) in [5, 5.41) is 2.85. The van der Waals surface area contributed by atoms with Crippen molar-refractivity contribution in [2.75, 3.05) is 44.6 Å². The third-order valence-electron chi connectivity index (χ3n) is 6.83. The first-order valence-corrected chi connectivity index (χ1v) is 12.8. The van der Waals surface area contributed by atoms with E-state index in [0.717, 1.165) is 45.3 Å². The van der Waals surface area contributed by atoms with Crippen LogP contribution >= 0.6 is 0 Å². The Morgan fingerprint density at radius 2 is 1.71 bits per heavy atom. The predicted octanol–water partition coefficient (Wildman–Crippen LogP) is 1.74. The molecule has 0 radical (unpaired) electrons. The Morgan fingerprint density at radius 3 is 2.32 bits per heavy atom. The molecule has 0 aromatic heterocycles. The Balaban J connectivity index is 1.35. The second kappa shape index (κ2) is 9.26. The molecule has 1 unspecified atom stereocenters. The van der Waals surface area contributed by atoms with Gasteiger partial charge in [0.2, 0.25) is 21.8 Å². The maximum Gasteiger partial charge on any atom is 0.243 e. The smallest absolute Gasteiger partial charge is 0.243 e. The van der Waals surface area contributed by atoms with E-state index in [4.69, 9.17) is 0 Å². The van der Waals surface area contributed by atoms with Crippen molar-refractivity contribution in [2.45, 2.75) is 50.0 Å². The number of likely N-dealkylation sites (tertiary alicyclic amines) is 1. The van der Waals surface area contributed by atoms with Gasteiger partial charge in [0.1, 0.15) is 0 Å². The molecule has 3 aliphatic rings. The Hall–Kier alpha value is -1.97. The number of benzene rings is 1. The predicted molar refractivity (Wildman–Crippen MR) is 118 cm³/mol. The molecule has 2 amide bonds. The molecule has 4 rings (SSSR count). The minimum Gasteiger partial charge on any atom is -0.339 e. The number of hydrogen-bond donors (Lipinski definition) is 1. The van der Waals surface area contributed by atoms with Crippen molar-refractivity contribution in [1.82, 2.24) is 14.1 Å². The number of hydrogen-bond acceptors (Lipinski definition) is 5. The highest BCUT2D eigenvalue weighted by Crippen LogP contribution is 2.30. The highest BCUT2D eigenvalue weighted by atomic mass is 32.2. The number of anilines is 1. The van der Waals surface area contributed by atoms with Gasteiger partial charge in [-0.1, -0.05) is 19.8 Å². The van der Waals surface area contributed by atoms with Crippen LogP contribution in [-0.4, -0.2) is 79.6 Å². The fraction of sp³-hybridized carbons (Fsp3) is 0.636. The normalized spacial score (nSPS) is 24.1. The van der Waals surface area contributed by atoms with E-state index in [2.05, 4.69) is 17.1 Å². The van der Waals surface area contributed by atoms with Crippen LogP contribution in [0, 0.1) is 5.92 Å². The highest BCUT2D eigenvalue weighted by molar-refractivity contribution is 7.89. The molecule has 8 nitrogen and oxygen atoms in total. The van der Waals surface area contributed by atoms with Crippen molar-refractivity contribution in [1.29, 1.82) is 0 Å². The quantitative estimate of drug-likeness (QED) is 0.716. The van der Waals surface area contributed by atoms with Gasteiger partial charge in [-0.15, -0.1) is 0 Å². The van der Waals surface area contributed by atoms with E-state index in [-0.39, 0.29) is 35.1 Å². The van der Waals surface area contributed by atoms with Crippen molar-refractivity contribution in [3.63, 3.8) is 0 Å². The van der Waals surface area contributed by atoms with Gasteiger partial charge < -0.3 is 15.1 Å². The molecule has 1 saturated carbocycles. The van der Waals surface area contributed by atoms with Gasteiger partial charge in [0.25, 0.3) is 0 Å². The van der Waals surface area contributed by atoms with Crippen LogP contribution < -0.4 is 5.32 Å². The zero-order chi connectivity index (χ0) is 22.0. The lowest BCUT2D eigenvalue weighted by molar-refractivity contribution is -0.129. The molecule has 0 spiro atoms. The Bertz CT molecular complexity index is 904. The first-order chi connectivity index (χ1) is 14.9. The van der Waals surface area contributed by atoms with Crippen LogP contribution in [0.3, 0.4) is 0 Å². The summed E-state index contributed by atoms with van der Waals surface area (Å²) in [6.45, 7) is 5.93. The molecule has 0 bridgehead atoms. The molecule has 2 saturated heterocycles. The monoisotopic (exact) mass is 448 g/mol. The maximum atomic E-state index is 12.9. The minimum absolute atomic E-state index is 0.0664. The van der Waals surface area contributed by atoms with Crippen molar-refractivity contribution >= 4 is 27.5 Å². The summed E-state index contributed by atoms with van der Waals surface area (Å²) in [5.41, 5.74) is 0.548. The summed E-state index contributed by atoms with van der Waals surface area (Å²) in [6, 6.07) is 6.62. The lowest BCUT2D eigenvalue weighted by atomic mass is 10.1. The summed E-state index contributed by atoms with van der Waals surface area (Å²) >= 11 is 0. The molecule has 1 aromatic carbocycles. The number of sulfonamides is 1. The van der Waals surface area contributed by atoms with Crippen LogP contribution in [0.5, 0.6) is 0 Å². The van der Waals surface area contributed by atoms with E-state index < -0.39 is 10.0 Å². The van der Waals surface area contributed by atoms with Crippen molar-refractivity contribution < 1.29 is 18.0 Å². The molecular weight excluding hydrogens is 416 g/mol. The first kappa shape index (κ1) is 22.2. The van der Waals surface area contributed by atoms with E-state index >= 15 is 0 Å². The van der Waals surface area contributed by atoms with E-state index in [1.54, 1.807) is 24.3 Å². The number of nitrogens with one attached hydrogen (secondary N) is 1. The van der Waals surface area contributed by atoms with Crippen LogP contribution in [0.25, 0.3) is 0 Å². The number of nitrogens with zero attached hydrogens (tertiary/aromatic N) is 3. The molecular formula is C22H32N4O4S. The number of carbonyl (C=O) groups excluding carboxylic acids is 2. The number of likely N-dealkylation sites (N-methyl/N-ethyl adjacent to an activating group) is 1. The average molecular weight is 449 g/mol. The van der Waals surface area contributed by atoms with Crippen molar-refractivity contribution in [3.8, 4) is 0 Å². The maximum absolute atomic E-state index is 12.9. The molecule has 2 heterocycles. The van der Waals surface area contributed by atoms with Crippen LogP contribution in [-0.2, 0) is 19.6 Å². The van der Waals surface area contributed by atoms with E-state index in [1.165, 1.54) is 4.31 Å². The van der Waals surface area contributed by atoms with Gasteiger partial charge in [-0.25, -0.2) is 8.42 Å². The van der Waals surface area contributed by atoms with E-state index in [0.29, 0.717) is 25.3 Å². The Kier molecular flexibility index (Phi) is 6.64. The van der Waals surface area contributed by atoms with Gasteiger partial charge in [-0.3, -0.25) is 9.59 Å². The molecule has 1 aromatic rings. The summed E-state index contributed by atoms with van der Waals surface area (Å²) in [5.74, 6) is -0.469. The van der Waals surface area contributed by atoms with Crippen LogP contribution in [0.4, 0.5) is 5.69 Å². The summed E-state index contributed by atoms with van der Waals surface area (Å²) in [4.78, 5) is 29.4. The lowest BCUT2D eigenvalue weighted by Crippen LogP contribution is -2.48.